The van der Waals surface area contributed by atoms with Crippen LogP contribution in [0.5, 0.6) is 5.75 Å². The van der Waals surface area contributed by atoms with Gasteiger partial charge < -0.3 is 4.74 Å². The first-order valence-electron chi connectivity index (χ1n) is 5.67. The van der Waals surface area contributed by atoms with Crippen LogP contribution in [-0.2, 0) is 0 Å². The zero-order chi connectivity index (χ0) is 12.3. The van der Waals surface area contributed by atoms with E-state index in [1.165, 1.54) is 19.6 Å². The summed E-state index contributed by atoms with van der Waals surface area (Å²) in [6.07, 6.45) is 2.32. The van der Waals surface area contributed by atoms with Crippen molar-refractivity contribution >= 4 is 11.8 Å². The Kier molecular flexibility index (Phi) is 4.25. The van der Waals surface area contributed by atoms with Crippen LogP contribution in [0.1, 0.15) is 24.4 Å². The molecule has 0 amide bonds. The number of ether oxygens (including phenoxy) is 1. The van der Waals surface area contributed by atoms with Gasteiger partial charge in [-0.1, -0.05) is 6.07 Å². The topological polar surface area (TPSA) is 47.3 Å². The summed E-state index contributed by atoms with van der Waals surface area (Å²) in [5.41, 5.74) is 3.68. The lowest BCUT2D eigenvalue weighted by Crippen LogP contribution is -2.34. The number of halogens is 1. The molecule has 2 unspecified atom stereocenters. The third-order valence-corrected chi connectivity index (χ3v) is 4.51. The van der Waals surface area contributed by atoms with Crippen LogP contribution in [0.3, 0.4) is 0 Å². The molecule has 0 radical (unpaired) electrons. The van der Waals surface area contributed by atoms with Crippen molar-refractivity contribution in [2.24, 2.45) is 5.84 Å². The van der Waals surface area contributed by atoms with E-state index < -0.39 is 0 Å². The lowest BCUT2D eigenvalue weighted by atomic mass is 10.0. The van der Waals surface area contributed by atoms with Crippen LogP contribution >= 0.6 is 11.8 Å². The predicted molar refractivity (Wildman–Crippen MR) is 68.5 cm³/mol. The minimum atomic E-state index is -0.340. The van der Waals surface area contributed by atoms with Crippen LogP contribution in [-0.4, -0.2) is 18.1 Å². The molecule has 1 aliphatic rings. The molecule has 3 nitrogen and oxygen atoms in total. The molecule has 5 heteroatoms. The third kappa shape index (κ3) is 2.73. The number of hydrogen-bond donors (Lipinski definition) is 2. The molecule has 0 aliphatic carbocycles. The molecule has 1 aromatic carbocycles. The van der Waals surface area contributed by atoms with Crippen LogP contribution in [0, 0.1) is 5.82 Å². The largest absolute Gasteiger partial charge is 0.494 e. The van der Waals surface area contributed by atoms with Crippen molar-refractivity contribution in [1.82, 2.24) is 5.43 Å². The van der Waals surface area contributed by atoms with Crippen molar-refractivity contribution in [2.75, 3.05) is 12.9 Å². The van der Waals surface area contributed by atoms with Gasteiger partial charge in [-0.3, -0.25) is 11.3 Å². The number of methoxy groups -OCH3 is 1. The quantitative estimate of drug-likeness (QED) is 0.640. The molecule has 1 saturated heterocycles. The van der Waals surface area contributed by atoms with Gasteiger partial charge >= 0.3 is 0 Å². The summed E-state index contributed by atoms with van der Waals surface area (Å²) in [5, 5.41) is 0.424. The van der Waals surface area contributed by atoms with Gasteiger partial charge in [0.2, 0.25) is 0 Å². The fourth-order valence-electron chi connectivity index (χ4n) is 2.16. The maximum atomic E-state index is 13.6. The lowest BCUT2D eigenvalue weighted by Gasteiger charge is -2.22. The predicted octanol–water partition coefficient (Wildman–Crippen LogP) is 2.23. The maximum Gasteiger partial charge on any atom is 0.165 e. The van der Waals surface area contributed by atoms with Gasteiger partial charge in [-0.05, 0) is 36.3 Å². The Morgan fingerprint density at radius 1 is 1.59 bits per heavy atom. The monoisotopic (exact) mass is 256 g/mol. The third-order valence-electron chi connectivity index (χ3n) is 3.05. The average molecular weight is 256 g/mol. The Bertz CT molecular complexity index is 383. The first-order chi connectivity index (χ1) is 8.26. The van der Waals surface area contributed by atoms with Crippen LogP contribution in [0.2, 0.25) is 0 Å². The molecular formula is C12H17FN2OS. The van der Waals surface area contributed by atoms with E-state index in [1.54, 1.807) is 6.07 Å². The van der Waals surface area contributed by atoms with Crippen LogP contribution in [0.25, 0.3) is 0 Å². The summed E-state index contributed by atoms with van der Waals surface area (Å²) in [6, 6.07) is 5.02. The molecule has 0 bridgehead atoms. The number of rotatable bonds is 4. The second kappa shape index (κ2) is 5.71. The summed E-state index contributed by atoms with van der Waals surface area (Å²) < 4.78 is 18.5. The molecular weight excluding hydrogens is 239 g/mol. The number of hydrogen-bond acceptors (Lipinski definition) is 4. The number of benzene rings is 1. The van der Waals surface area contributed by atoms with E-state index in [1.807, 2.05) is 17.8 Å². The summed E-state index contributed by atoms with van der Waals surface area (Å²) in [5.74, 6) is 6.67. The normalized spacial score (nSPS) is 21.5. The number of thioether (sulfide) groups is 1. The van der Waals surface area contributed by atoms with Crippen molar-refractivity contribution in [1.29, 1.82) is 0 Å². The minimum Gasteiger partial charge on any atom is -0.494 e. The van der Waals surface area contributed by atoms with Crippen molar-refractivity contribution in [3.8, 4) is 5.75 Å². The molecule has 2 atom stereocenters. The molecule has 0 saturated carbocycles. The van der Waals surface area contributed by atoms with Crippen molar-refractivity contribution in [3.05, 3.63) is 29.6 Å². The molecule has 0 aromatic heterocycles. The Labute approximate surface area is 105 Å². The van der Waals surface area contributed by atoms with Crippen molar-refractivity contribution < 1.29 is 9.13 Å². The molecule has 0 spiro atoms. The highest BCUT2D eigenvalue weighted by atomic mass is 32.2. The molecule has 3 N–H and O–H groups in total. The van der Waals surface area contributed by atoms with Gasteiger partial charge in [-0.25, -0.2) is 4.39 Å². The van der Waals surface area contributed by atoms with E-state index in [0.29, 0.717) is 5.25 Å². The smallest absolute Gasteiger partial charge is 0.165 e. The van der Waals surface area contributed by atoms with Crippen LogP contribution in [0.15, 0.2) is 18.2 Å². The van der Waals surface area contributed by atoms with Gasteiger partial charge in [0, 0.05) is 5.25 Å². The van der Waals surface area contributed by atoms with E-state index in [-0.39, 0.29) is 17.6 Å². The summed E-state index contributed by atoms with van der Waals surface area (Å²) in [6.45, 7) is 0. The Balaban J connectivity index is 2.21. The Hall–Kier alpha value is -0.780. The molecule has 94 valence electrons. The molecule has 1 heterocycles. The molecule has 1 fully saturated rings. The van der Waals surface area contributed by atoms with E-state index in [9.17, 15) is 4.39 Å². The Morgan fingerprint density at radius 2 is 2.41 bits per heavy atom. The zero-order valence-corrected chi connectivity index (χ0v) is 10.6. The highest BCUT2D eigenvalue weighted by Crippen LogP contribution is 2.36. The van der Waals surface area contributed by atoms with Gasteiger partial charge in [-0.2, -0.15) is 11.8 Å². The van der Waals surface area contributed by atoms with E-state index in [2.05, 4.69) is 5.43 Å². The zero-order valence-electron chi connectivity index (χ0n) is 9.78. The van der Waals surface area contributed by atoms with Gasteiger partial charge in [0.25, 0.3) is 0 Å². The second-order valence-electron chi connectivity index (χ2n) is 4.09. The van der Waals surface area contributed by atoms with E-state index in [0.717, 1.165) is 17.7 Å². The fraction of sp³-hybridized carbons (Fsp3) is 0.500. The van der Waals surface area contributed by atoms with E-state index in [4.69, 9.17) is 10.6 Å². The highest BCUT2D eigenvalue weighted by molar-refractivity contribution is 8.00. The number of nitrogens with one attached hydrogen (secondary N) is 1. The lowest BCUT2D eigenvalue weighted by molar-refractivity contribution is 0.385. The summed E-state index contributed by atoms with van der Waals surface area (Å²) >= 11 is 1.89. The van der Waals surface area contributed by atoms with Gasteiger partial charge in [-0.15, -0.1) is 0 Å². The first-order valence-corrected chi connectivity index (χ1v) is 6.72. The summed E-state index contributed by atoms with van der Waals surface area (Å²) in [7, 11) is 1.46. The van der Waals surface area contributed by atoms with Crippen LogP contribution in [0.4, 0.5) is 4.39 Å². The van der Waals surface area contributed by atoms with Gasteiger partial charge in [0.05, 0.1) is 13.2 Å². The molecule has 17 heavy (non-hydrogen) atoms. The van der Waals surface area contributed by atoms with Crippen molar-refractivity contribution in [2.45, 2.75) is 24.1 Å². The highest BCUT2D eigenvalue weighted by Gasteiger charge is 2.26. The first kappa shape index (κ1) is 12.7. The SMILES string of the molecule is COc1ccc(C(NN)C2CCCS2)cc1F. The standard InChI is InChI=1S/C12H17FN2OS/c1-16-10-5-4-8(7-9(10)13)12(15-14)11-3-2-6-17-11/h4-5,7,11-12,15H,2-3,6,14H2,1H3. The average Bonchev–Trinajstić information content (AvgIpc) is 2.84. The second-order valence-corrected chi connectivity index (χ2v) is 5.44. The van der Waals surface area contributed by atoms with Crippen molar-refractivity contribution in [3.63, 3.8) is 0 Å². The van der Waals surface area contributed by atoms with Gasteiger partial charge in [0.1, 0.15) is 0 Å². The maximum absolute atomic E-state index is 13.6. The number of hydrazine groups is 1. The molecule has 1 aliphatic heterocycles. The molecule has 2 rings (SSSR count). The van der Waals surface area contributed by atoms with Crippen LogP contribution < -0.4 is 16.0 Å². The summed E-state index contributed by atoms with van der Waals surface area (Å²) in [4.78, 5) is 0. The fourth-order valence-corrected chi connectivity index (χ4v) is 3.56. The van der Waals surface area contributed by atoms with E-state index >= 15 is 0 Å². The number of nitrogens with two attached hydrogens (primary N) is 1. The minimum absolute atomic E-state index is 0.00269. The Morgan fingerprint density at radius 3 is 2.94 bits per heavy atom. The van der Waals surface area contributed by atoms with Gasteiger partial charge in [0.15, 0.2) is 11.6 Å². The molecule has 1 aromatic rings.